The maximum Gasteiger partial charge on any atom is 0.450 e. The zero-order valence-electron chi connectivity index (χ0n) is 15.7. The first-order chi connectivity index (χ1) is 14.5. The summed E-state index contributed by atoms with van der Waals surface area (Å²) in [5, 5.41) is -12.7. The molecular formula is C17H14F6O6S3. The first-order valence-electron chi connectivity index (χ1n) is 8.76. The van der Waals surface area contributed by atoms with Crippen molar-refractivity contribution >= 4 is 41.9 Å². The SMILES string of the molecule is O=S(=O)([O-])C(F)(F)C(F)(F)C(F)(F)S(=O)(=O)Oc1cc([S+]2CCCC2)c2ccccc2c1. The summed E-state index contributed by atoms with van der Waals surface area (Å²) < 4.78 is 141. The third-order valence-electron chi connectivity index (χ3n) is 4.70. The first kappa shape index (κ1) is 24.9. The Hall–Kier alpha value is -1.71. The summed E-state index contributed by atoms with van der Waals surface area (Å²) in [7, 11) is -14.7. The van der Waals surface area contributed by atoms with Gasteiger partial charge >= 0.3 is 26.5 Å². The molecule has 15 heteroatoms. The lowest BCUT2D eigenvalue weighted by Crippen LogP contribution is -2.61. The molecule has 0 unspecified atom stereocenters. The average molecular weight is 524 g/mol. The van der Waals surface area contributed by atoms with E-state index in [1.807, 2.05) is 0 Å². The van der Waals surface area contributed by atoms with Gasteiger partial charge in [0.1, 0.15) is 17.3 Å². The highest BCUT2D eigenvalue weighted by molar-refractivity contribution is 7.97. The van der Waals surface area contributed by atoms with E-state index in [0.717, 1.165) is 25.0 Å². The molecule has 1 aliphatic rings. The Kier molecular flexibility index (Phi) is 6.19. The minimum Gasteiger partial charge on any atom is -0.743 e. The van der Waals surface area contributed by atoms with Crippen LogP contribution in [-0.4, -0.2) is 49.3 Å². The zero-order valence-corrected chi connectivity index (χ0v) is 18.2. The van der Waals surface area contributed by atoms with Crippen LogP contribution in [0.3, 0.4) is 0 Å². The number of fused-ring (bicyclic) bond motifs is 1. The quantitative estimate of drug-likeness (QED) is 0.237. The van der Waals surface area contributed by atoms with E-state index in [0.29, 0.717) is 27.2 Å². The van der Waals surface area contributed by atoms with E-state index in [-0.39, 0.29) is 0 Å². The average Bonchev–Trinajstić information content (AvgIpc) is 3.20. The predicted molar refractivity (Wildman–Crippen MR) is 103 cm³/mol. The summed E-state index contributed by atoms with van der Waals surface area (Å²) in [6.07, 6.45) is 1.70. The topological polar surface area (TPSA) is 101 Å². The van der Waals surface area contributed by atoms with Gasteiger partial charge in [-0.15, -0.1) is 0 Å². The predicted octanol–water partition coefficient (Wildman–Crippen LogP) is 3.69. The molecule has 0 spiro atoms. The molecule has 1 heterocycles. The molecule has 0 saturated carbocycles. The van der Waals surface area contributed by atoms with E-state index < -0.39 is 53.3 Å². The second kappa shape index (κ2) is 7.95. The van der Waals surface area contributed by atoms with Crippen LogP contribution in [0.15, 0.2) is 41.3 Å². The van der Waals surface area contributed by atoms with Crippen LogP contribution >= 0.6 is 0 Å². The van der Waals surface area contributed by atoms with E-state index >= 15 is 0 Å². The standard InChI is InChI=1S/C17H14F6O6S3/c18-15(19,16(20,21)31(24,25)26)17(22,23)32(27,28)29-12-9-11-5-1-2-6-13(11)14(10-12)30-7-3-4-8-30/h1-2,5-6,9-10H,3-4,7-8H2. The molecule has 32 heavy (non-hydrogen) atoms. The summed E-state index contributed by atoms with van der Waals surface area (Å²) in [6, 6.07) is 8.34. The van der Waals surface area contributed by atoms with Crippen LogP contribution in [0.5, 0.6) is 5.75 Å². The van der Waals surface area contributed by atoms with Gasteiger partial charge in [0.15, 0.2) is 15.0 Å². The molecule has 6 nitrogen and oxygen atoms in total. The lowest BCUT2D eigenvalue weighted by Gasteiger charge is -2.32. The van der Waals surface area contributed by atoms with Crippen LogP contribution in [-0.2, 0) is 31.1 Å². The fraction of sp³-hybridized carbons (Fsp3) is 0.412. The third-order valence-corrected chi connectivity index (χ3v) is 9.41. The van der Waals surface area contributed by atoms with Crippen LogP contribution in [0.25, 0.3) is 10.8 Å². The lowest BCUT2D eigenvalue weighted by molar-refractivity contribution is -0.247. The van der Waals surface area contributed by atoms with Gasteiger partial charge in [0.25, 0.3) is 0 Å². The molecule has 3 rings (SSSR count). The summed E-state index contributed by atoms with van der Waals surface area (Å²) in [6.45, 7) is 0. The van der Waals surface area contributed by atoms with Crippen LogP contribution in [0, 0.1) is 0 Å². The molecule has 2 aromatic carbocycles. The molecule has 0 radical (unpaired) electrons. The molecule has 0 atom stereocenters. The Balaban J connectivity index is 2.07. The molecule has 0 aliphatic carbocycles. The van der Waals surface area contributed by atoms with Gasteiger partial charge < -0.3 is 8.74 Å². The maximum absolute atomic E-state index is 14.1. The highest BCUT2D eigenvalue weighted by atomic mass is 32.2. The van der Waals surface area contributed by atoms with Gasteiger partial charge in [-0.1, -0.05) is 18.2 Å². The number of benzene rings is 2. The van der Waals surface area contributed by atoms with Gasteiger partial charge in [0, 0.05) is 22.3 Å². The maximum atomic E-state index is 14.1. The highest BCUT2D eigenvalue weighted by Crippen LogP contribution is 2.51. The number of hydrogen-bond acceptors (Lipinski definition) is 6. The van der Waals surface area contributed by atoms with Crippen LogP contribution < -0.4 is 4.18 Å². The highest BCUT2D eigenvalue weighted by Gasteiger charge is 2.81. The van der Waals surface area contributed by atoms with Crippen molar-refractivity contribution in [3.63, 3.8) is 0 Å². The van der Waals surface area contributed by atoms with Gasteiger partial charge in [-0.2, -0.15) is 34.8 Å². The van der Waals surface area contributed by atoms with Crippen LogP contribution in [0.4, 0.5) is 26.3 Å². The Morgan fingerprint density at radius 3 is 2.00 bits per heavy atom. The second-order valence-corrected chi connectivity index (χ2v) is 12.1. The van der Waals surface area contributed by atoms with Gasteiger partial charge in [-0.3, -0.25) is 0 Å². The van der Waals surface area contributed by atoms with Gasteiger partial charge in [0.2, 0.25) is 0 Å². The van der Waals surface area contributed by atoms with E-state index in [1.54, 1.807) is 12.1 Å². The van der Waals surface area contributed by atoms with E-state index in [4.69, 9.17) is 0 Å². The molecule has 1 saturated heterocycles. The summed E-state index contributed by atoms with van der Waals surface area (Å²) in [5.41, 5.74) is 0. The minimum absolute atomic E-state index is 0.317. The molecular weight excluding hydrogens is 510 g/mol. The van der Waals surface area contributed by atoms with Crippen molar-refractivity contribution in [2.45, 2.75) is 34.2 Å². The summed E-state index contributed by atoms with van der Waals surface area (Å²) in [4.78, 5) is 0.522. The normalized spacial score (nSPS) is 17.1. The molecule has 178 valence electrons. The fourth-order valence-corrected chi connectivity index (χ4v) is 7.01. The molecule has 0 bridgehead atoms. The number of alkyl halides is 6. The molecule has 0 amide bonds. The van der Waals surface area contributed by atoms with Crippen molar-refractivity contribution in [3.05, 3.63) is 36.4 Å². The summed E-state index contributed by atoms with van der Waals surface area (Å²) in [5.74, 6) is -6.54. The van der Waals surface area contributed by atoms with Crippen molar-refractivity contribution in [1.29, 1.82) is 0 Å². The Morgan fingerprint density at radius 2 is 1.44 bits per heavy atom. The minimum atomic E-state index is -7.36. The van der Waals surface area contributed by atoms with Crippen molar-refractivity contribution < 1.29 is 51.9 Å². The van der Waals surface area contributed by atoms with Gasteiger partial charge in [-0.05, 0) is 30.4 Å². The summed E-state index contributed by atoms with van der Waals surface area (Å²) >= 11 is 0. The van der Waals surface area contributed by atoms with Gasteiger partial charge in [0.05, 0.1) is 0 Å². The fourth-order valence-electron chi connectivity index (χ4n) is 3.07. The van der Waals surface area contributed by atoms with Gasteiger partial charge in [-0.25, -0.2) is 8.42 Å². The molecule has 2 aromatic rings. The molecule has 1 fully saturated rings. The van der Waals surface area contributed by atoms with Crippen LogP contribution in [0.2, 0.25) is 0 Å². The van der Waals surface area contributed by atoms with Crippen LogP contribution in [0.1, 0.15) is 12.8 Å². The van der Waals surface area contributed by atoms with Crippen molar-refractivity contribution in [2.24, 2.45) is 0 Å². The monoisotopic (exact) mass is 524 g/mol. The molecule has 0 aromatic heterocycles. The van der Waals surface area contributed by atoms with Crippen molar-refractivity contribution in [2.75, 3.05) is 11.5 Å². The second-order valence-electron chi connectivity index (χ2n) is 6.85. The number of rotatable bonds is 7. The first-order valence-corrected chi connectivity index (χ1v) is 13.1. The Labute approximate surface area is 181 Å². The largest absolute Gasteiger partial charge is 0.743 e. The lowest BCUT2D eigenvalue weighted by atomic mass is 10.1. The van der Waals surface area contributed by atoms with E-state index in [9.17, 15) is 47.7 Å². The van der Waals surface area contributed by atoms with Crippen molar-refractivity contribution in [3.8, 4) is 5.75 Å². The smallest absolute Gasteiger partial charge is 0.450 e. The number of hydrogen-bond donors (Lipinski definition) is 0. The molecule has 1 aliphatic heterocycles. The molecule has 0 N–H and O–H groups in total. The zero-order chi connectivity index (χ0) is 24.2. The Morgan fingerprint density at radius 1 is 0.875 bits per heavy atom. The number of halogens is 6. The van der Waals surface area contributed by atoms with E-state index in [1.165, 1.54) is 12.1 Å². The van der Waals surface area contributed by atoms with Crippen molar-refractivity contribution in [1.82, 2.24) is 0 Å². The Bertz CT molecular complexity index is 1240. The van der Waals surface area contributed by atoms with E-state index in [2.05, 4.69) is 4.18 Å². The third kappa shape index (κ3) is 3.92.